The average Bonchev–Trinajstić information content (AvgIpc) is 2.67. The van der Waals surface area contributed by atoms with Gasteiger partial charge in [-0.25, -0.2) is 9.97 Å². The highest BCUT2D eigenvalue weighted by molar-refractivity contribution is 5.95. The minimum atomic E-state index is -0.244. The first-order chi connectivity index (χ1) is 12.1. The first-order valence-corrected chi connectivity index (χ1v) is 8.44. The quantitative estimate of drug-likeness (QED) is 0.843. The van der Waals surface area contributed by atoms with E-state index in [-0.39, 0.29) is 12.0 Å². The monoisotopic (exact) mass is 341 g/mol. The second-order valence-electron chi connectivity index (χ2n) is 6.17. The number of rotatable bonds is 4. The minimum Gasteiger partial charge on any atom is -0.368 e. The van der Waals surface area contributed by atoms with Crippen LogP contribution >= 0.6 is 0 Å². The number of anilines is 1. The zero-order valence-corrected chi connectivity index (χ0v) is 14.8. The first-order valence-electron chi connectivity index (χ1n) is 8.44. The van der Waals surface area contributed by atoms with Gasteiger partial charge in [-0.05, 0) is 24.1 Å². The smallest absolute Gasteiger partial charge is 0.254 e. The average molecular weight is 341 g/mol. The fourth-order valence-electron chi connectivity index (χ4n) is 2.86. The Hall–Kier alpha value is -2.54. The summed E-state index contributed by atoms with van der Waals surface area (Å²) in [5, 5.41) is 0. The zero-order valence-electron chi connectivity index (χ0n) is 14.8. The van der Waals surface area contributed by atoms with E-state index >= 15 is 0 Å². The number of aromatic nitrogens is 3. The number of hydrogen-bond acceptors (Lipinski definition) is 6. The number of hydrogen-bond donors (Lipinski definition) is 0. The van der Waals surface area contributed by atoms with Crippen molar-refractivity contribution < 1.29 is 9.53 Å². The van der Waals surface area contributed by atoms with Crippen LogP contribution in [0.3, 0.4) is 0 Å². The van der Waals surface area contributed by atoms with Crippen molar-refractivity contribution in [1.29, 1.82) is 0 Å². The van der Waals surface area contributed by atoms with Crippen molar-refractivity contribution in [3.05, 3.63) is 47.5 Å². The Labute approximate surface area is 147 Å². The van der Waals surface area contributed by atoms with Gasteiger partial charge in [0.1, 0.15) is 6.10 Å². The summed E-state index contributed by atoms with van der Waals surface area (Å²) in [5.41, 5.74) is 2.48. The summed E-state index contributed by atoms with van der Waals surface area (Å²) in [4.78, 5) is 29.5. The lowest BCUT2D eigenvalue weighted by molar-refractivity contribution is -0.0247. The van der Waals surface area contributed by atoms with Crippen molar-refractivity contribution >= 4 is 11.9 Å². The summed E-state index contributed by atoms with van der Waals surface area (Å²) in [6.07, 6.45) is 5.68. The van der Waals surface area contributed by atoms with E-state index in [1.165, 1.54) is 0 Å². The molecular formula is C18H23N5O2. The Morgan fingerprint density at radius 2 is 2.20 bits per heavy atom. The minimum absolute atomic E-state index is 0.0226. The molecule has 0 bridgehead atoms. The van der Waals surface area contributed by atoms with Crippen molar-refractivity contribution in [3.8, 4) is 0 Å². The standard InChI is InChI=1S/C18H23N5O2/c1-4-13-11-19-7-5-14(13)17(24)23-9-10-25-16(12-23)15-6-8-20-18(21-15)22(2)3/h5-8,11,16H,4,9-10,12H2,1-3H3/t16-/m1/s1. The maximum absolute atomic E-state index is 12.9. The summed E-state index contributed by atoms with van der Waals surface area (Å²) >= 11 is 0. The molecule has 0 radical (unpaired) electrons. The van der Waals surface area contributed by atoms with Crippen LogP contribution in [-0.2, 0) is 11.2 Å². The molecule has 3 heterocycles. The number of ether oxygens (including phenoxy) is 1. The Morgan fingerprint density at radius 3 is 2.96 bits per heavy atom. The third-order valence-electron chi connectivity index (χ3n) is 4.26. The molecule has 0 aliphatic carbocycles. The zero-order chi connectivity index (χ0) is 17.8. The molecule has 132 valence electrons. The molecule has 3 rings (SSSR count). The van der Waals surface area contributed by atoms with E-state index < -0.39 is 0 Å². The van der Waals surface area contributed by atoms with Gasteiger partial charge in [-0.2, -0.15) is 0 Å². The number of carbonyl (C=O) groups excluding carboxylic acids is 1. The Balaban J connectivity index is 1.79. The molecule has 1 aliphatic rings. The van der Waals surface area contributed by atoms with E-state index in [0.29, 0.717) is 25.6 Å². The van der Waals surface area contributed by atoms with E-state index in [1.54, 1.807) is 24.7 Å². The maximum atomic E-state index is 12.9. The fourth-order valence-corrected chi connectivity index (χ4v) is 2.86. The molecule has 0 aromatic carbocycles. The van der Waals surface area contributed by atoms with Crippen LogP contribution in [0.4, 0.5) is 5.95 Å². The molecule has 1 amide bonds. The van der Waals surface area contributed by atoms with Gasteiger partial charge in [-0.1, -0.05) is 6.92 Å². The highest BCUT2D eigenvalue weighted by atomic mass is 16.5. The molecule has 7 nitrogen and oxygen atoms in total. The molecule has 25 heavy (non-hydrogen) atoms. The molecule has 2 aromatic rings. The Morgan fingerprint density at radius 1 is 1.36 bits per heavy atom. The summed E-state index contributed by atoms with van der Waals surface area (Å²) in [6.45, 7) is 3.57. The molecule has 7 heteroatoms. The van der Waals surface area contributed by atoms with Crippen LogP contribution in [0.5, 0.6) is 0 Å². The molecule has 0 spiro atoms. The van der Waals surface area contributed by atoms with E-state index in [2.05, 4.69) is 15.0 Å². The summed E-state index contributed by atoms with van der Waals surface area (Å²) in [7, 11) is 3.79. The molecule has 0 unspecified atom stereocenters. The van der Waals surface area contributed by atoms with E-state index in [9.17, 15) is 4.79 Å². The van der Waals surface area contributed by atoms with Gasteiger partial charge in [0.2, 0.25) is 5.95 Å². The highest BCUT2D eigenvalue weighted by Crippen LogP contribution is 2.23. The number of morpholine rings is 1. The van der Waals surface area contributed by atoms with Crippen LogP contribution in [0.15, 0.2) is 30.7 Å². The van der Waals surface area contributed by atoms with Gasteiger partial charge in [0.15, 0.2) is 0 Å². The van der Waals surface area contributed by atoms with Crippen LogP contribution in [0.2, 0.25) is 0 Å². The Kier molecular flexibility index (Phi) is 5.23. The van der Waals surface area contributed by atoms with Crippen LogP contribution in [0.1, 0.15) is 34.6 Å². The lowest BCUT2D eigenvalue weighted by Gasteiger charge is -2.33. The number of carbonyl (C=O) groups is 1. The predicted molar refractivity (Wildman–Crippen MR) is 94.6 cm³/mol. The van der Waals surface area contributed by atoms with Crippen molar-refractivity contribution in [2.75, 3.05) is 38.7 Å². The Bertz CT molecular complexity index is 750. The van der Waals surface area contributed by atoms with Crippen LogP contribution < -0.4 is 4.90 Å². The number of nitrogens with zero attached hydrogens (tertiary/aromatic N) is 5. The lowest BCUT2D eigenvalue weighted by Crippen LogP contribution is -2.42. The van der Waals surface area contributed by atoms with Crippen molar-refractivity contribution in [1.82, 2.24) is 19.9 Å². The second-order valence-corrected chi connectivity index (χ2v) is 6.17. The van der Waals surface area contributed by atoms with Gasteiger partial charge in [0.25, 0.3) is 5.91 Å². The van der Waals surface area contributed by atoms with Crippen molar-refractivity contribution in [2.24, 2.45) is 0 Å². The third kappa shape index (κ3) is 3.76. The topological polar surface area (TPSA) is 71.5 Å². The van der Waals surface area contributed by atoms with Gasteiger partial charge in [-0.15, -0.1) is 0 Å². The van der Waals surface area contributed by atoms with Crippen molar-refractivity contribution in [3.63, 3.8) is 0 Å². The van der Waals surface area contributed by atoms with Crippen LogP contribution in [0.25, 0.3) is 0 Å². The molecule has 1 aliphatic heterocycles. The number of aryl methyl sites for hydroxylation is 1. The lowest BCUT2D eigenvalue weighted by atomic mass is 10.1. The third-order valence-corrected chi connectivity index (χ3v) is 4.26. The SMILES string of the molecule is CCc1cnccc1C(=O)N1CCO[C@@H](c2ccnc(N(C)C)n2)C1. The summed E-state index contributed by atoms with van der Waals surface area (Å²) in [5.74, 6) is 0.654. The molecule has 0 N–H and O–H groups in total. The van der Waals surface area contributed by atoms with E-state index in [0.717, 1.165) is 23.2 Å². The second kappa shape index (κ2) is 7.57. The van der Waals surface area contributed by atoms with Gasteiger partial charge in [0.05, 0.1) is 18.8 Å². The molecule has 0 saturated carbocycles. The highest BCUT2D eigenvalue weighted by Gasteiger charge is 2.28. The van der Waals surface area contributed by atoms with Gasteiger partial charge in [0, 0.05) is 44.8 Å². The molecule has 1 saturated heterocycles. The number of amides is 1. The van der Waals surface area contributed by atoms with Crippen LogP contribution in [-0.4, -0.2) is 59.6 Å². The summed E-state index contributed by atoms with van der Waals surface area (Å²) < 4.78 is 5.86. The maximum Gasteiger partial charge on any atom is 0.254 e. The van der Waals surface area contributed by atoms with Crippen LogP contribution in [0, 0.1) is 0 Å². The predicted octanol–water partition coefficient (Wildman–Crippen LogP) is 1.71. The molecule has 1 fully saturated rings. The fraction of sp³-hybridized carbons (Fsp3) is 0.444. The molecule has 2 aromatic heterocycles. The molecule has 1 atom stereocenters. The summed E-state index contributed by atoms with van der Waals surface area (Å²) in [6, 6.07) is 3.63. The normalized spacial score (nSPS) is 17.4. The van der Waals surface area contributed by atoms with E-state index in [1.807, 2.05) is 36.9 Å². The van der Waals surface area contributed by atoms with Crippen molar-refractivity contribution in [2.45, 2.75) is 19.4 Å². The largest absolute Gasteiger partial charge is 0.368 e. The molecular weight excluding hydrogens is 318 g/mol. The van der Waals surface area contributed by atoms with Gasteiger partial charge < -0.3 is 14.5 Å². The van der Waals surface area contributed by atoms with Gasteiger partial charge in [-0.3, -0.25) is 9.78 Å². The number of pyridine rings is 1. The first kappa shape index (κ1) is 17.3. The van der Waals surface area contributed by atoms with Gasteiger partial charge >= 0.3 is 0 Å². The van der Waals surface area contributed by atoms with E-state index in [4.69, 9.17) is 4.74 Å².